The highest BCUT2D eigenvalue weighted by molar-refractivity contribution is 6.00. The molecule has 0 bridgehead atoms. The van der Waals surface area contributed by atoms with Crippen LogP contribution in [0, 0.1) is 0 Å². The average molecular weight is 833 g/mol. The number of nitrogens with zero attached hydrogens (tertiary/aromatic N) is 2. The van der Waals surface area contributed by atoms with E-state index in [-0.39, 0.29) is 10.8 Å². The Kier molecular flexibility index (Phi) is 8.90. The van der Waals surface area contributed by atoms with E-state index in [1.54, 1.807) is 0 Å². The fourth-order valence-electron chi connectivity index (χ4n) is 10.9. The van der Waals surface area contributed by atoms with Gasteiger partial charge in [0, 0.05) is 44.2 Å². The second kappa shape index (κ2) is 14.9. The van der Waals surface area contributed by atoms with E-state index in [1.807, 2.05) is 0 Å². The lowest BCUT2D eigenvalue weighted by molar-refractivity contribution is 0.660. The van der Waals surface area contributed by atoms with Gasteiger partial charge in [0.2, 0.25) is 0 Å². The molecule has 2 nitrogen and oxygen atoms in total. The van der Waals surface area contributed by atoms with Gasteiger partial charge < -0.3 is 4.90 Å². The molecule has 0 aliphatic heterocycles. The van der Waals surface area contributed by atoms with Crippen LogP contribution < -0.4 is 4.90 Å². The number of fused-ring (bicyclic) bond motifs is 7. The zero-order valence-electron chi connectivity index (χ0n) is 37.2. The summed E-state index contributed by atoms with van der Waals surface area (Å²) in [5.74, 6) is 0. The summed E-state index contributed by atoms with van der Waals surface area (Å²) >= 11 is 0. The first kappa shape index (κ1) is 38.8. The summed E-state index contributed by atoms with van der Waals surface area (Å²) in [4.78, 5) is 7.92. The molecule has 10 aromatic rings. The van der Waals surface area contributed by atoms with Crippen molar-refractivity contribution in [2.75, 3.05) is 4.90 Å². The molecule has 9 aromatic carbocycles. The molecule has 0 saturated heterocycles. The second-order valence-electron chi connectivity index (χ2n) is 18.7. The van der Waals surface area contributed by atoms with Gasteiger partial charge in [0.25, 0.3) is 0 Å². The number of para-hydroxylation sites is 2. The lowest BCUT2D eigenvalue weighted by Crippen LogP contribution is -2.18. The molecule has 2 aliphatic rings. The first-order chi connectivity index (χ1) is 31.8. The maximum Gasteiger partial charge on any atom is 0.0788 e. The van der Waals surface area contributed by atoms with Gasteiger partial charge in [-0.2, -0.15) is 0 Å². The summed E-state index contributed by atoms with van der Waals surface area (Å²) < 4.78 is 0. The predicted octanol–water partition coefficient (Wildman–Crippen LogP) is 17.0. The number of pyridine rings is 1. The standard InChI is InChI=1S/C63H48N2/c1-62(2)53-25-14-12-24-49(53)50-37-35-47(40-56(50)62)65(58-28-16-13-23-48(58)44-32-30-42(31-33-44)41-18-7-5-8-19-41)59-29-17-26-54-60(59)51-36-34-46(39-55(51)63(54,3)4)61-52(43-20-9-6-10-21-43)38-45-22-11-15-27-57(45)64-61/h5-40H,1-4H3. The highest BCUT2D eigenvalue weighted by atomic mass is 15.1. The summed E-state index contributed by atoms with van der Waals surface area (Å²) in [6.45, 7) is 9.52. The molecule has 0 atom stereocenters. The van der Waals surface area contributed by atoms with Crippen LogP contribution in [0.2, 0.25) is 0 Å². The van der Waals surface area contributed by atoms with E-state index in [2.05, 4.69) is 251 Å². The highest BCUT2D eigenvalue weighted by Gasteiger charge is 2.40. The lowest BCUT2D eigenvalue weighted by Gasteiger charge is -2.32. The van der Waals surface area contributed by atoms with Crippen LogP contribution in [-0.2, 0) is 10.8 Å². The Hall–Kier alpha value is -7.81. The molecule has 0 saturated carbocycles. The Balaban J connectivity index is 1.06. The van der Waals surface area contributed by atoms with Crippen molar-refractivity contribution in [1.29, 1.82) is 0 Å². The molecule has 1 heterocycles. The van der Waals surface area contributed by atoms with Crippen LogP contribution in [0.5, 0.6) is 0 Å². The van der Waals surface area contributed by atoms with Crippen molar-refractivity contribution in [2.45, 2.75) is 38.5 Å². The molecule has 0 spiro atoms. The molecular weight excluding hydrogens is 785 g/mol. The smallest absolute Gasteiger partial charge is 0.0788 e. The highest BCUT2D eigenvalue weighted by Crippen LogP contribution is 2.57. The number of hydrogen-bond acceptors (Lipinski definition) is 2. The first-order valence-corrected chi connectivity index (χ1v) is 22.8. The van der Waals surface area contributed by atoms with Crippen molar-refractivity contribution in [1.82, 2.24) is 4.98 Å². The number of anilines is 3. The molecular formula is C63H48N2. The third-order valence-electron chi connectivity index (χ3n) is 14.3. The van der Waals surface area contributed by atoms with Gasteiger partial charge in [-0.05, 0) is 104 Å². The molecule has 0 unspecified atom stereocenters. The minimum Gasteiger partial charge on any atom is -0.309 e. The lowest BCUT2D eigenvalue weighted by atomic mass is 9.81. The van der Waals surface area contributed by atoms with E-state index in [4.69, 9.17) is 4.98 Å². The molecule has 2 aliphatic carbocycles. The minimum absolute atomic E-state index is 0.153. The van der Waals surface area contributed by atoms with Crippen molar-refractivity contribution in [2.24, 2.45) is 0 Å². The molecule has 310 valence electrons. The van der Waals surface area contributed by atoms with Crippen molar-refractivity contribution < 1.29 is 0 Å². The van der Waals surface area contributed by atoms with Crippen molar-refractivity contribution in [3.63, 3.8) is 0 Å². The Morgan fingerprint density at radius 2 is 0.877 bits per heavy atom. The Morgan fingerprint density at radius 1 is 0.338 bits per heavy atom. The zero-order chi connectivity index (χ0) is 43.9. The van der Waals surface area contributed by atoms with E-state index in [0.717, 1.165) is 50.3 Å². The summed E-state index contributed by atoms with van der Waals surface area (Å²) in [6, 6.07) is 80.2. The molecule has 0 radical (unpaired) electrons. The number of rotatable bonds is 7. The van der Waals surface area contributed by atoms with Crippen LogP contribution in [0.1, 0.15) is 49.9 Å². The molecule has 2 heteroatoms. The number of hydrogen-bond donors (Lipinski definition) is 0. The molecule has 65 heavy (non-hydrogen) atoms. The minimum atomic E-state index is -0.277. The summed E-state index contributed by atoms with van der Waals surface area (Å²) in [5.41, 5.74) is 23.7. The van der Waals surface area contributed by atoms with Gasteiger partial charge in [-0.25, -0.2) is 4.98 Å². The third-order valence-corrected chi connectivity index (χ3v) is 14.3. The van der Waals surface area contributed by atoms with E-state index in [0.29, 0.717) is 0 Å². The largest absolute Gasteiger partial charge is 0.309 e. The van der Waals surface area contributed by atoms with E-state index in [1.165, 1.54) is 66.8 Å². The van der Waals surface area contributed by atoms with Gasteiger partial charge in [-0.3, -0.25) is 0 Å². The molecule has 0 fully saturated rings. The third kappa shape index (κ3) is 6.20. The maximum atomic E-state index is 5.38. The van der Waals surface area contributed by atoms with Crippen LogP contribution in [0.3, 0.4) is 0 Å². The fourth-order valence-corrected chi connectivity index (χ4v) is 10.9. The molecule has 1 aromatic heterocycles. The summed E-state index contributed by atoms with van der Waals surface area (Å²) in [7, 11) is 0. The van der Waals surface area contributed by atoms with Gasteiger partial charge in [-0.15, -0.1) is 0 Å². The van der Waals surface area contributed by atoms with Crippen LogP contribution in [0.4, 0.5) is 17.1 Å². The quantitative estimate of drug-likeness (QED) is 0.159. The van der Waals surface area contributed by atoms with Gasteiger partial charge in [0.1, 0.15) is 0 Å². The predicted molar refractivity (Wildman–Crippen MR) is 273 cm³/mol. The van der Waals surface area contributed by atoms with Crippen molar-refractivity contribution in [3.05, 3.63) is 241 Å². The van der Waals surface area contributed by atoms with E-state index < -0.39 is 0 Å². The SMILES string of the molecule is CC1(C)c2ccccc2-c2ccc(N(c3ccccc3-c3ccc(-c4ccccc4)cc3)c3cccc4c3-c3ccc(-c5nc6ccccc6cc5-c5ccccc5)cc3C4(C)C)cc21. The van der Waals surface area contributed by atoms with Gasteiger partial charge in [0.15, 0.2) is 0 Å². The van der Waals surface area contributed by atoms with Crippen LogP contribution >= 0.6 is 0 Å². The maximum absolute atomic E-state index is 5.38. The summed E-state index contributed by atoms with van der Waals surface area (Å²) in [5, 5.41) is 1.14. The van der Waals surface area contributed by atoms with Crippen LogP contribution in [-0.4, -0.2) is 4.98 Å². The van der Waals surface area contributed by atoms with Gasteiger partial charge >= 0.3 is 0 Å². The normalized spacial score (nSPS) is 13.8. The average Bonchev–Trinajstić information content (AvgIpc) is 3.73. The van der Waals surface area contributed by atoms with Crippen molar-refractivity contribution in [3.8, 4) is 66.9 Å². The second-order valence-corrected chi connectivity index (χ2v) is 18.7. The molecule has 0 N–H and O–H groups in total. The van der Waals surface area contributed by atoms with Crippen LogP contribution in [0.15, 0.2) is 218 Å². The van der Waals surface area contributed by atoms with Gasteiger partial charge in [0.05, 0.1) is 22.6 Å². The Labute approximate surface area is 382 Å². The van der Waals surface area contributed by atoms with Crippen molar-refractivity contribution >= 4 is 28.0 Å². The zero-order valence-corrected chi connectivity index (χ0v) is 37.2. The first-order valence-electron chi connectivity index (χ1n) is 22.8. The Morgan fingerprint density at radius 3 is 1.68 bits per heavy atom. The van der Waals surface area contributed by atoms with Gasteiger partial charge in [-0.1, -0.05) is 204 Å². The molecule has 0 amide bonds. The number of benzene rings is 9. The molecule has 12 rings (SSSR count). The monoisotopic (exact) mass is 832 g/mol. The number of aromatic nitrogens is 1. The Bertz CT molecular complexity index is 3470. The summed E-state index contributed by atoms with van der Waals surface area (Å²) in [6.07, 6.45) is 0. The fraction of sp³-hybridized carbons (Fsp3) is 0.0952. The van der Waals surface area contributed by atoms with Crippen LogP contribution in [0.25, 0.3) is 77.8 Å². The van der Waals surface area contributed by atoms with E-state index >= 15 is 0 Å². The topological polar surface area (TPSA) is 16.1 Å². The van der Waals surface area contributed by atoms with E-state index in [9.17, 15) is 0 Å².